The van der Waals surface area contributed by atoms with Gasteiger partial charge in [-0.05, 0) is 55.3 Å². The number of carbonyl (C=O) groups excluding carboxylic acids is 1. The average molecular weight is 589 g/mol. The molecule has 0 saturated carbocycles. The van der Waals surface area contributed by atoms with Crippen molar-refractivity contribution in [1.29, 1.82) is 0 Å². The molecule has 39 heavy (non-hydrogen) atoms. The Hall–Kier alpha value is -2.97. The minimum Gasteiger partial charge on any atom is -0.320 e. The van der Waals surface area contributed by atoms with E-state index in [-0.39, 0.29) is 11.3 Å². The second-order valence-corrected chi connectivity index (χ2v) is 13.9. The summed E-state index contributed by atoms with van der Waals surface area (Å²) in [7, 11) is 0. The number of benzene rings is 3. The molecule has 0 aliphatic carbocycles. The Morgan fingerprint density at radius 2 is 1.67 bits per heavy atom. The number of amides is 1. The van der Waals surface area contributed by atoms with Gasteiger partial charge in [-0.2, -0.15) is 13.2 Å². The molecule has 1 aliphatic rings. The summed E-state index contributed by atoms with van der Waals surface area (Å²) >= 11 is 12.4. The molecule has 0 spiro atoms. The first-order valence-corrected chi connectivity index (χ1v) is 15.5. The number of nitrogens with zero attached hydrogens (tertiary/aromatic N) is 3. The number of rotatable bonds is 6. The van der Waals surface area contributed by atoms with Crippen molar-refractivity contribution in [2.45, 2.75) is 25.4 Å². The van der Waals surface area contributed by atoms with E-state index >= 15 is 0 Å². The number of hydrogen-bond donors (Lipinski definition) is 1. The van der Waals surface area contributed by atoms with E-state index in [1.165, 1.54) is 18.2 Å². The maximum atomic E-state index is 13.7. The maximum Gasteiger partial charge on any atom is 0.416 e. The van der Waals surface area contributed by atoms with E-state index in [4.69, 9.17) is 28.4 Å². The summed E-state index contributed by atoms with van der Waals surface area (Å²) in [4.78, 5) is 17.8. The van der Waals surface area contributed by atoms with Crippen LogP contribution in [0.2, 0.25) is 5.02 Å². The van der Waals surface area contributed by atoms with Crippen molar-refractivity contribution in [2.75, 3.05) is 18.4 Å². The van der Waals surface area contributed by atoms with Crippen LogP contribution in [0, 0.1) is 0 Å². The molecular formula is C28H25ClF3N4OPS. The quantitative estimate of drug-likeness (QED) is 0.257. The van der Waals surface area contributed by atoms with Crippen LogP contribution >= 0.6 is 17.8 Å². The summed E-state index contributed by atoms with van der Waals surface area (Å²) < 4.78 is 45.2. The van der Waals surface area contributed by atoms with Crippen LogP contribution in [-0.2, 0) is 18.0 Å². The van der Waals surface area contributed by atoms with E-state index < -0.39 is 23.8 Å². The van der Waals surface area contributed by atoms with Crippen molar-refractivity contribution in [1.82, 2.24) is 14.2 Å². The number of imidazole rings is 1. The van der Waals surface area contributed by atoms with Crippen molar-refractivity contribution in [3.05, 3.63) is 101 Å². The number of nitrogens with one attached hydrogen (secondary N) is 1. The highest BCUT2D eigenvalue weighted by Gasteiger charge is 2.36. The Bertz CT molecular complexity index is 1520. The molecule has 1 amide bonds. The van der Waals surface area contributed by atoms with Gasteiger partial charge in [-0.15, -0.1) is 0 Å². The lowest BCUT2D eigenvalue weighted by atomic mass is 10.1. The van der Waals surface area contributed by atoms with Crippen LogP contribution < -0.4 is 16.2 Å². The standard InChI is InChI=1S/C28H25ClF3N4OPS/c29-22-12-9-20(10-13-22)26(37)34-24-19-21(28(30,31)32)11-14-25(24)36-18-15-33-27(36)38(39,23-7-3-1-4-8-23)35-16-5-2-6-17-35/h1,3-4,7-15,18-19H,2,5-6,16-17H2,(H,34,37). The first kappa shape index (κ1) is 27.6. The van der Waals surface area contributed by atoms with Gasteiger partial charge in [0.05, 0.1) is 16.9 Å². The molecule has 1 saturated heterocycles. The normalized spacial score (nSPS) is 16.0. The van der Waals surface area contributed by atoms with Gasteiger partial charge in [0.15, 0.2) is 5.57 Å². The molecule has 11 heteroatoms. The van der Waals surface area contributed by atoms with Crippen molar-refractivity contribution in [2.24, 2.45) is 0 Å². The lowest BCUT2D eigenvalue weighted by Gasteiger charge is -2.37. The van der Waals surface area contributed by atoms with Crippen molar-refractivity contribution in [3.8, 4) is 5.69 Å². The van der Waals surface area contributed by atoms with E-state index in [1.807, 2.05) is 30.3 Å². The number of anilines is 1. The van der Waals surface area contributed by atoms with Gasteiger partial charge in [-0.1, -0.05) is 60.2 Å². The van der Waals surface area contributed by atoms with E-state index in [2.05, 4.69) is 9.99 Å². The van der Waals surface area contributed by atoms with Crippen LogP contribution in [0.25, 0.3) is 5.69 Å². The van der Waals surface area contributed by atoms with Crippen LogP contribution in [0.5, 0.6) is 0 Å². The summed E-state index contributed by atoms with van der Waals surface area (Å²) in [5.74, 6) is -0.563. The first-order chi connectivity index (χ1) is 18.7. The van der Waals surface area contributed by atoms with E-state index in [0.29, 0.717) is 16.3 Å². The fourth-order valence-electron chi connectivity index (χ4n) is 4.72. The molecule has 1 aromatic heterocycles. The summed E-state index contributed by atoms with van der Waals surface area (Å²) in [6.45, 7) is 1.62. The highest BCUT2D eigenvalue weighted by Crippen LogP contribution is 2.49. The van der Waals surface area contributed by atoms with Gasteiger partial charge in [0, 0.05) is 41.4 Å². The number of hydrogen-bond acceptors (Lipinski definition) is 3. The number of aromatic nitrogens is 2. The lowest BCUT2D eigenvalue weighted by Crippen LogP contribution is -2.38. The Labute approximate surface area is 234 Å². The SMILES string of the molecule is O=C(Nc1cc(C(F)(F)F)ccc1-n1ccnc1P(=S)(c1ccccc1)N1CCCCC1)c1ccc(Cl)cc1. The van der Waals surface area contributed by atoms with Crippen molar-refractivity contribution < 1.29 is 18.0 Å². The zero-order chi connectivity index (χ0) is 27.6. The molecule has 1 fully saturated rings. The summed E-state index contributed by atoms with van der Waals surface area (Å²) in [6.07, 6.45) is -0.818. The van der Waals surface area contributed by atoms with Crippen molar-refractivity contribution >= 4 is 52.1 Å². The summed E-state index contributed by atoms with van der Waals surface area (Å²) in [5, 5.41) is 4.07. The molecule has 1 aliphatic heterocycles. The van der Waals surface area contributed by atoms with Gasteiger partial charge in [-0.25, -0.2) is 4.98 Å². The van der Waals surface area contributed by atoms with Gasteiger partial charge < -0.3 is 5.32 Å². The second kappa shape index (κ2) is 11.3. The minimum atomic E-state index is -4.59. The van der Waals surface area contributed by atoms with Gasteiger partial charge >= 0.3 is 6.18 Å². The van der Waals surface area contributed by atoms with E-state index in [9.17, 15) is 18.0 Å². The molecule has 1 atom stereocenters. The number of carbonyl (C=O) groups is 1. The summed E-state index contributed by atoms with van der Waals surface area (Å²) in [5.41, 5.74) is 0.304. The largest absolute Gasteiger partial charge is 0.416 e. The van der Waals surface area contributed by atoms with E-state index in [0.717, 1.165) is 49.8 Å². The molecule has 0 radical (unpaired) electrons. The topological polar surface area (TPSA) is 50.2 Å². The molecule has 3 aromatic carbocycles. The predicted octanol–water partition coefficient (Wildman–Crippen LogP) is 6.63. The molecule has 5 rings (SSSR count). The Morgan fingerprint density at radius 3 is 2.33 bits per heavy atom. The average Bonchev–Trinajstić information content (AvgIpc) is 3.44. The third-order valence-electron chi connectivity index (χ3n) is 6.67. The highest BCUT2D eigenvalue weighted by atomic mass is 35.5. The third kappa shape index (κ3) is 5.68. The Morgan fingerprint density at radius 1 is 0.974 bits per heavy atom. The lowest BCUT2D eigenvalue weighted by molar-refractivity contribution is -0.137. The number of alkyl halides is 3. The molecule has 1 N–H and O–H groups in total. The van der Waals surface area contributed by atoms with Crippen LogP contribution in [0.3, 0.4) is 0 Å². The predicted molar refractivity (Wildman–Crippen MR) is 153 cm³/mol. The van der Waals surface area contributed by atoms with Crippen LogP contribution in [0.4, 0.5) is 18.9 Å². The van der Waals surface area contributed by atoms with E-state index in [1.54, 1.807) is 29.1 Å². The zero-order valence-corrected chi connectivity index (χ0v) is 23.2. The highest BCUT2D eigenvalue weighted by molar-refractivity contribution is 8.20. The molecular weight excluding hydrogens is 564 g/mol. The van der Waals surface area contributed by atoms with Gasteiger partial charge in [0.1, 0.15) is 6.19 Å². The molecule has 2 heterocycles. The second-order valence-electron chi connectivity index (χ2n) is 9.21. The summed E-state index contributed by atoms with van der Waals surface area (Å²) in [6, 6.07) is 19.2. The first-order valence-electron chi connectivity index (χ1n) is 12.4. The Kier molecular flexibility index (Phi) is 7.96. The molecule has 4 aromatic rings. The molecule has 202 valence electrons. The van der Waals surface area contributed by atoms with Gasteiger partial charge in [-0.3, -0.25) is 14.0 Å². The third-order valence-corrected chi connectivity index (χ3v) is 11.8. The Balaban J connectivity index is 1.64. The minimum absolute atomic E-state index is 0.00252. The number of halogens is 4. The van der Waals surface area contributed by atoms with Crippen molar-refractivity contribution in [3.63, 3.8) is 0 Å². The zero-order valence-electron chi connectivity index (χ0n) is 20.7. The maximum absolute atomic E-state index is 13.7. The van der Waals surface area contributed by atoms with Gasteiger partial charge in [0.2, 0.25) is 0 Å². The van der Waals surface area contributed by atoms with Crippen LogP contribution in [0.1, 0.15) is 35.2 Å². The monoisotopic (exact) mass is 588 g/mol. The number of piperidine rings is 1. The smallest absolute Gasteiger partial charge is 0.320 e. The molecule has 5 nitrogen and oxygen atoms in total. The molecule has 0 bridgehead atoms. The van der Waals surface area contributed by atoms with Crippen LogP contribution in [-0.4, -0.2) is 33.2 Å². The van der Waals surface area contributed by atoms with Crippen LogP contribution in [0.15, 0.2) is 85.2 Å². The fraction of sp³-hybridized carbons (Fsp3) is 0.214. The van der Waals surface area contributed by atoms with Gasteiger partial charge in [0.25, 0.3) is 5.91 Å². The molecule has 1 unspecified atom stereocenters. The fourth-order valence-corrected chi connectivity index (χ4v) is 9.03.